The lowest BCUT2D eigenvalue weighted by Gasteiger charge is -2.32. The lowest BCUT2D eigenvalue weighted by molar-refractivity contribution is -0.226. The zero-order valence-electron chi connectivity index (χ0n) is 50.7. The molecule has 0 amide bonds. The van der Waals surface area contributed by atoms with Crippen molar-refractivity contribution in [3.63, 3.8) is 0 Å². The topological polar surface area (TPSA) is 538 Å². The van der Waals surface area contributed by atoms with E-state index in [1.165, 1.54) is 56.9 Å². The molecule has 5 aromatic rings. The van der Waals surface area contributed by atoms with Gasteiger partial charge in [0.2, 0.25) is 5.72 Å². The summed E-state index contributed by atoms with van der Waals surface area (Å²) in [5, 5.41) is 87.3. The Morgan fingerprint density at radius 2 is 0.717 bits per heavy atom. The van der Waals surface area contributed by atoms with Crippen molar-refractivity contribution < 1.29 is 83.9 Å². The van der Waals surface area contributed by atoms with Crippen LogP contribution in [0.3, 0.4) is 0 Å². The normalized spacial score (nSPS) is 35.7. The van der Waals surface area contributed by atoms with Gasteiger partial charge in [-0.15, -0.1) is 0 Å². The minimum atomic E-state index is -1.74. The maximum atomic E-state index is 12.1. The molecule has 11 heterocycles. The molecule has 14 N–H and O–H groups in total. The van der Waals surface area contributed by atoms with Gasteiger partial charge in [-0.3, -0.25) is 71.7 Å². The van der Waals surface area contributed by atoms with Gasteiger partial charge in [-0.25, -0.2) is 28.8 Å². The number of H-pyrrole nitrogens is 5. The largest absolute Gasteiger partial charge is 0.434 e. The Labute approximate surface area is 529 Å². The molecule has 37 nitrogen and oxygen atoms in total. The van der Waals surface area contributed by atoms with E-state index in [1.54, 1.807) is 6.92 Å². The zero-order chi connectivity index (χ0) is 68.7. The minimum Gasteiger partial charge on any atom is -0.434 e. The van der Waals surface area contributed by atoms with E-state index < -0.39 is 176 Å². The number of esters is 1. The molecule has 0 saturated carbocycles. The third-order valence-electron chi connectivity index (χ3n) is 16.4. The molecule has 0 aliphatic carbocycles. The number of aromatic amines is 5. The van der Waals surface area contributed by atoms with Gasteiger partial charge >= 0.3 is 34.4 Å². The predicted molar refractivity (Wildman–Crippen MR) is 319 cm³/mol. The zero-order valence-corrected chi connectivity index (χ0v) is 52.8. The summed E-state index contributed by atoms with van der Waals surface area (Å²) >= 11 is 2.02. The molecular weight excluding hydrogens is 1350 g/mol. The molecule has 0 aromatic carbocycles. The first-order valence-electron chi connectivity index (χ1n) is 28.4. The Kier molecular flexibility index (Phi) is 21.7. The summed E-state index contributed by atoms with van der Waals surface area (Å²) in [5.41, 5.74) is -13.3. The van der Waals surface area contributed by atoms with Gasteiger partial charge < -0.3 is 79.1 Å². The molecule has 6 fully saturated rings. The van der Waals surface area contributed by atoms with Crippen molar-refractivity contribution in [2.45, 2.75) is 195 Å². The van der Waals surface area contributed by atoms with E-state index in [0.717, 1.165) is 61.3 Å². The number of hydrogen-bond acceptors (Lipinski definition) is 27. The van der Waals surface area contributed by atoms with Crippen LogP contribution >= 0.6 is 22.6 Å². The summed E-state index contributed by atoms with van der Waals surface area (Å²) in [6, 6.07) is 5.76. The quantitative estimate of drug-likeness (QED) is 0.0370. The Balaban J connectivity index is 0.000000163. The molecule has 19 atom stereocenters. The smallest absolute Gasteiger partial charge is 0.340 e. The number of aliphatic hydroxyl groups is 9. The molecule has 0 bridgehead atoms. The third kappa shape index (κ3) is 13.8. The van der Waals surface area contributed by atoms with Crippen LogP contribution in [0.1, 0.15) is 75.2 Å². The average molecular weight is 1420 g/mol. The number of fused-ring (bicyclic) bond motifs is 1. The number of carbonyl (C=O) groups is 1. The molecule has 0 unspecified atom stereocenters. The van der Waals surface area contributed by atoms with Crippen LogP contribution in [0.4, 0.5) is 0 Å². The Morgan fingerprint density at radius 3 is 1.00 bits per heavy atom. The summed E-state index contributed by atoms with van der Waals surface area (Å²) in [7, 11) is 0. The number of nitrogens with zero attached hydrogens (tertiary/aromatic N) is 5. The van der Waals surface area contributed by atoms with Crippen molar-refractivity contribution >= 4 is 28.6 Å². The molecule has 508 valence electrons. The SMILES string of the molecule is CC[C@H]1O[C@@](C)(n2ccc(=O)[nH]c2=O)[C@@H]2OC(C)(C)O[C@@H]21.CC[C@H]1O[C@@](C)(n2ccc(=O)[nH]c2=O)[C@H](O)[C@@H]1O.C[C@@]1(n2ccc(=O)[nH]c2=O)OC(=O)[C@@H](O)[C@H]1O.C[C@@]1(n2ccc(=O)[nH]c2=O)O[C@H](CI)[C@@H](O)[C@H]1O.C[C@@]1(n2ccc(=O)[nH]c2=O)O[C@H](CO)[C@@H](O)[C@H]1O. The molecule has 5 aromatic heterocycles. The van der Waals surface area contributed by atoms with Crippen LogP contribution in [-0.4, -0.2) is 202 Å². The third-order valence-corrected chi connectivity index (χ3v) is 17.3. The number of hydrogen-bond donors (Lipinski definition) is 14. The van der Waals surface area contributed by atoms with E-state index in [0.29, 0.717) is 10.8 Å². The number of aliphatic hydroxyl groups excluding tert-OH is 9. The van der Waals surface area contributed by atoms with Crippen LogP contribution in [-0.2, 0) is 66.6 Å². The van der Waals surface area contributed by atoms with Gasteiger partial charge in [-0.1, -0.05) is 36.4 Å². The molecule has 0 radical (unpaired) electrons. The molecule has 0 spiro atoms. The lowest BCUT2D eigenvalue weighted by atomic mass is 10.0. The lowest BCUT2D eigenvalue weighted by Crippen LogP contribution is -2.49. The fraction of sp³-hybridized carbons (Fsp3) is 0.611. The fourth-order valence-electron chi connectivity index (χ4n) is 11.3. The number of halogens is 1. The number of aromatic nitrogens is 10. The van der Waals surface area contributed by atoms with Crippen molar-refractivity contribution in [3.05, 3.63) is 166 Å². The van der Waals surface area contributed by atoms with Crippen LogP contribution in [0, 0.1) is 0 Å². The van der Waals surface area contributed by atoms with Crippen LogP contribution in [0.5, 0.6) is 0 Å². The number of carbonyl (C=O) groups excluding carboxylic acids is 1. The summed E-state index contributed by atoms with van der Waals surface area (Å²) in [6.07, 6.45) is -6.21. The highest BCUT2D eigenvalue weighted by Gasteiger charge is 2.62. The highest BCUT2D eigenvalue weighted by molar-refractivity contribution is 14.1. The van der Waals surface area contributed by atoms with Gasteiger partial charge in [0.15, 0.2) is 34.8 Å². The average Bonchev–Trinajstić information content (AvgIpc) is 1.58. The first-order chi connectivity index (χ1) is 42.8. The summed E-state index contributed by atoms with van der Waals surface area (Å²) < 4.78 is 45.0. The molecule has 38 heteroatoms. The second kappa shape index (κ2) is 27.5. The Bertz CT molecular complexity index is 3860. The maximum Gasteiger partial charge on any atom is 0.340 e. The van der Waals surface area contributed by atoms with E-state index in [4.69, 9.17) is 38.3 Å². The first-order valence-corrected chi connectivity index (χ1v) is 29.9. The summed E-state index contributed by atoms with van der Waals surface area (Å²) in [6.45, 7) is 14.4. The molecule has 92 heavy (non-hydrogen) atoms. The van der Waals surface area contributed by atoms with Gasteiger partial charge in [-0.05, 0) is 61.3 Å². The highest BCUT2D eigenvalue weighted by atomic mass is 127. The summed E-state index contributed by atoms with van der Waals surface area (Å²) in [4.78, 5) is 135. The predicted octanol–water partition coefficient (Wildman–Crippen LogP) is -7.15. The van der Waals surface area contributed by atoms with Crippen molar-refractivity contribution in [1.29, 1.82) is 0 Å². The first kappa shape index (κ1) is 72.4. The van der Waals surface area contributed by atoms with E-state index >= 15 is 0 Å². The minimum absolute atomic E-state index is 0.166. The van der Waals surface area contributed by atoms with Crippen molar-refractivity contribution in [2.24, 2.45) is 0 Å². The molecule has 6 aliphatic rings. The number of cyclic esters (lactones) is 1. The van der Waals surface area contributed by atoms with E-state index in [2.05, 4.69) is 15.0 Å². The second-order valence-electron chi connectivity index (χ2n) is 23.1. The summed E-state index contributed by atoms with van der Waals surface area (Å²) in [5.74, 6) is -1.75. The second-order valence-corrected chi connectivity index (χ2v) is 24.0. The van der Waals surface area contributed by atoms with Gasteiger partial charge in [-0.2, -0.15) is 0 Å². The molecule has 11 rings (SSSR count). The maximum absolute atomic E-state index is 12.1. The van der Waals surface area contributed by atoms with Gasteiger partial charge in [0.25, 0.3) is 27.8 Å². The van der Waals surface area contributed by atoms with Gasteiger partial charge in [0, 0.05) is 65.7 Å². The Morgan fingerprint density at radius 1 is 0.413 bits per heavy atom. The molecule has 6 aliphatic heterocycles. The molecule has 6 saturated heterocycles. The molecular formula is C54H73IN10O27. The van der Waals surface area contributed by atoms with Crippen molar-refractivity contribution in [1.82, 2.24) is 47.8 Å². The van der Waals surface area contributed by atoms with Gasteiger partial charge in [0.1, 0.15) is 61.0 Å². The standard InChI is InChI=1S/C14H20N2O5.C11H16N2O5.C10H13IN2O5.C10H14N2O6.C9H10N2O6/c1-5-8-10-11(21-13(2,3)20-10)14(4,19-8)16-7-6-9(17)15-12(16)18;1-3-6-8(15)9(16)11(2,18-6)13-5-4-7(14)12-10(13)17;1-10(8(16)7(15)5(4-11)18-10)13-3-2-6(14)12-9(13)17;1-10(8(16)7(15)5(4-13)18-10)12-3-2-6(14)11-9(12)17;1-9(6(14)5(13)7(15)17-9)11-3-2-4(12)10-8(11)16/h6-8,10-11H,5H2,1-4H3,(H,15,17,18);4-6,8-9,15-16H,3H2,1-2H3,(H,12,14,17);2-3,5,7-8,15-16H,4H2,1H3,(H,12,14,17);2-3,5,7-8,13,15-16H,4H2,1H3,(H,11,14,17);2-3,5-6,13-14H,1H3,(H,10,12,16)/t8-,10-,11-,14-;6-,8-,9-,11-;2*5-,7-,8-,10-;5-,6+,9+/m11110/s1. The van der Waals surface area contributed by atoms with E-state index in [-0.39, 0.29) is 12.2 Å². The number of ether oxygens (including phenoxy) is 7. The van der Waals surface area contributed by atoms with Crippen molar-refractivity contribution in [2.75, 3.05) is 11.0 Å². The van der Waals surface area contributed by atoms with Crippen LogP contribution in [0.15, 0.2) is 109 Å². The van der Waals surface area contributed by atoms with Crippen LogP contribution < -0.4 is 56.2 Å². The van der Waals surface area contributed by atoms with Crippen molar-refractivity contribution in [3.8, 4) is 0 Å². The Hall–Kier alpha value is -7.00. The van der Waals surface area contributed by atoms with E-state index in [9.17, 15) is 93.6 Å². The monoisotopic (exact) mass is 1420 g/mol. The fourth-order valence-corrected chi connectivity index (χ4v) is 12.0. The number of nitrogens with one attached hydrogen (secondary N) is 5. The number of rotatable bonds is 9. The van der Waals surface area contributed by atoms with Crippen LogP contribution in [0.25, 0.3) is 0 Å². The van der Waals surface area contributed by atoms with Gasteiger partial charge in [0.05, 0.1) is 24.9 Å². The number of alkyl halides is 1. The van der Waals surface area contributed by atoms with E-state index in [1.807, 2.05) is 60.3 Å². The van der Waals surface area contributed by atoms with Crippen LogP contribution in [0.2, 0.25) is 0 Å². The highest BCUT2D eigenvalue weighted by Crippen LogP contribution is 2.47.